The zero-order chi connectivity index (χ0) is 13.5. The third kappa shape index (κ3) is 4.99. The number of aliphatic hydroxyl groups excluding tert-OH is 1. The molecule has 0 spiro atoms. The van der Waals surface area contributed by atoms with Crippen molar-refractivity contribution in [3.05, 3.63) is 30.1 Å². The quantitative estimate of drug-likeness (QED) is 0.851. The molecule has 1 aromatic heterocycles. The number of amides is 1. The van der Waals surface area contributed by atoms with Gasteiger partial charge >= 0.3 is 0 Å². The molecule has 2 rings (SSSR count). The Balaban J connectivity index is 1.62. The molecule has 0 saturated heterocycles. The van der Waals surface area contributed by atoms with Gasteiger partial charge in [-0.3, -0.25) is 9.78 Å². The van der Waals surface area contributed by atoms with Gasteiger partial charge in [-0.15, -0.1) is 0 Å². The molecule has 19 heavy (non-hydrogen) atoms. The molecule has 4 nitrogen and oxygen atoms in total. The molecule has 1 saturated carbocycles. The summed E-state index contributed by atoms with van der Waals surface area (Å²) in [6, 6.07) is 4.23. The maximum Gasteiger partial charge on any atom is 0.220 e. The Morgan fingerprint density at radius 3 is 2.63 bits per heavy atom. The second kappa shape index (κ2) is 7.24. The first-order valence-corrected chi connectivity index (χ1v) is 7.10. The Kier molecular flexibility index (Phi) is 5.33. The highest BCUT2D eigenvalue weighted by molar-refractivity contribution is 5.76. The lowest BCUT2D eigenvalue weighted by atomic mass is 9.93. The van der Waals surface area contributed by atoms with Crippen LogP contribution in [0.25, 0.3) is 0 Å². The molecule has 104 valence electrons. The molecule has 1 aromatic rings. The maximum absolute atomic E-state index is 11.8. The predicted octanol–water partition coefficient (Wildman–Crippen LogP) is 1.82. The smallest absolute Gasteiger partial charge is 0.220 e. The number of aliphatic hydroxyl groups is 1. The number of rotatable bonds is 5. The molecule has 0 radical (unpaired) electrons. The lowest BCUT2D eigenvalue weighted by Gasteiger charge is -2.26. The monoisotopic (exact) mass is 262 g/mol. The molecule has 0 aromatic carbocycles. The second-order valence-corrected chi connectivity index (χ2v) is 5.28. The van der Waals surface area contributed by atoms with E-state index >= 15 is 0 Å². The van der Waals surface area contributed by atoms with Gasteiger partial charge in [0.25, 0.3) is 0 Å². The SMILES string of the molecule is O=C(CCCc1ccncc1)NC1CCC(O)CC1. The largest absolute Gasteiger partial charge is 0.393 e. The minimum Gasteiger partial charge on any atom is -0.393 e. The van der Waals surface area contributed by atoms with E-state index in [4.69, 9.17) is 0 Å². The van der Waals surface area contributed by atoms with Crippen molar-refractivity contribution >= 4 is 5.91 Å². The van der Waals surface area contributed by atoms with Crippen LogP contribution in [0.3, 0.4) is 0 Å². The normalized spacial score (nSPS) is 23.0. The third-order valence-electron chi connectivity index (χ3n) is 3.68. The van der Waals surface area contributed by atoms with Crippen LogP contribution in [0.4, 0.5) is 0 Å². The number of pyridine rings is 1. The minimum atomic E-state index is -0.167. The second-order valence-electron chi connectivity index (χ2n) is 5.28. The van der Waals surface area contributed by atoms with E-state index < -0.39 is 0 Å². The fraction of sp³-hybridized carbons (Fsp3) is 0.600. The lowest BCUT2D eigenvalue weighted by Crippen LogP contribution is -2.38. The van der Waals surface area contributed by atoms with Crippen molar-refractivity contribution in [3.8, 4) is 0 Å². The summed E-state index contributed by atoms with van der Waals surface area (Å²) in [5.74, 6) is 0.135. The number of carbonyl (C=O) groups is 1. The van der Waals surface area contributed by atoms with Crippen molar-refractivity contribution in [1.29, 1.82) is 0 Å². The van der Waals surface area contributed by atoms with Crippen molar-refractivity contribution in [3.63, 3.8) is 0 Å². The zero-order valence-electron chi connectivity index (χ0n) is 11.2. The van der Waals surface area contributed by atoms with Gasteiger partial charge in [-0.2, -0.15) is 0 Å². The van der Waals surface area contributed by atoms with Crippen LogP contribution in [0.1, 0.15) is 44.1 Å². The molecule has 0 bridgehead atoms. The summed E-state index contributed by atoms with van der Waals surface area (Å²) in [7, 11) is 0. The fourth-order valence-corrected chi connectivity index (χ4v) is 2.52. The molecule has 1 fully saturated rings. The van der Waals surface area contributed by atoms with Crippen LogP contribution < -0.4 is 5.32 Å². The van der Waals surface area contributed by atoms with Crippen molar-refractivity contribution in [2.45, 2.75) is 57.1 Å². The number of aromatic nitrogens is 1. The summed E-state index contributed by atoms with van der Waals surface area (Å²) in [4.78, 5) is 15.8. The number of nitrogens with one attached hydrogen (secondary N) is 1. The summed E-state index contributed by atoms with van der Waals surface area (Å²) in [6.45, 7) is 0. The van der Waals surface area contributed by atoms with E-state index in [0.717, 1.165) is 38.5 Å². The standard InChI is InChI=1S/C15H22N2O2/c18-14-6-4-13(5-7-14)17-15(19)3-1-2-12-8-10-16-11-9-12/h8-11,13-14,18H,1-7H2,(H,17,19). The molecular weight excluding hydrogens is 240 g/mol. The summed E-state index contributed by atoms with van der Waals surface area (Å²) in [5, 5.41) is 12.5. The molecule has 1 amide bonds. The van der Waals surface area contributed by atoms with Gasteiger partial charge in [0.2, 0.25) is 5.91 Å². The van der Waals surface area contributed by atoms with E-state index in [1.807, 2.05) is 12.1 Å². The minimum absolute atomic E-state index is 0.135. The maximum atomic E-state index is 11.8. The van der Waals surface area contributed by atoms with Gasteiger partial charge in [0, 0.05) is 24.9 Å². The Morgan fingerprint density at radius 2 is 1.95 bits per heavy atom. The molecule has 0 atom stereocenters. The summed E-state index contributed by atoms with van der Waals surface area (Å²) < 4.78 is 0. The van der Waals surface area contributed by atoms with E-state index in [1.54, 1.807) is 12.4 Å². The van der Waals surface area contributed by atoms with Gasteiger partial charge in [0.1, 0.15) is 0 Å². The molecule has 2 N–H and O–H groups in total. The summed E-state index contributed by atoms with van der Waals surface area (Å²) >= 11 is 0. The Morgan fingerprint density at radius 1 is 1.26 bits per heavy atom. The fourth-order valence-electron chi connectivity index (χ4n) is 2.52. The van der Waals surface area contributed by atoms with Gasteiger partial charge in [-0.25, -0.2) is 0 Å². The molecule has 1 aliphatic rings. The molecular formula is C15H22N2O2. The van der Waals surface area contributed by atoms with E-state index in [9.17, 15) is 9.90 Å². The number of hydrogen-bond donors (Lipinski definition) is 2. The van der Waals surface area contributed by atoms with Crippen LogP contribution in [0.5, 0.6) is 0 Å². The highest BCUT2D eigenvalue weighted by atomic mass is 16.3. The van der Waals surface area contributed by atoms with E-state index in [-0.39, 0.29) is 18.1 Å². The van der Waals surface area contributed by atoms with Gasteiger partial charge in [0.15, 0.2) is 0 Å². The van der Waals surface area contributed by atoms with Gasteiger partial charge in [-0.1, -0.05) is 0 Å². The van der Waals surface area contributed by atoms with Crippen LogP contribution in [-0.4, -0.2) is 28.1 Å². The van der Waals surface area contributed by atoms with Gasteiger partial charge in [-0.05, 0) is 56.2 Å². The Labute approximate surface area is 114 Å². The Hall–Kier alpha value is -1.42. The number of carbonyl (C=O) groups excluding carboxylic acids is 1. The van der Waals surface area contributed by atoms with E-state index in [2.05, 4.69) is 10.3 Å². The van der Waals surface area contributed by atoms with Gasteiger partial charge < -0.3 is 10.4 Å². The van der Waals surface area contributed by atoms with Crippen LogP contribution >= 0.6 is 0 Å². The molecule has 0 aliphatic heterocycles. The average Bonchev–Trinajstić information content (AvgIpc) is 2.43. The van der Waals surface area contributed by atoms with Crippen LogP contribution in [0, 0.1) is 0 Å². The van der Waals surface area contributed by atoms with Crippen molar-refractivity contribution in [1.82, 2.24) is 10.3 Å². The van der Waals surface area contributed by atoms with Gasteiger partial charge in [0.05, 0.1) is 6.10 Å². The number of nitrogens with zero attached hydrogens (tertiary/aromatic N) is 1. The average molecular weight is 262 g/mol. The topological polar surface area (TPSA) is 62.2 Å². The predicted molar refractivity (Wildman–Crippen MR) is 73.6 cm³/mol. The molecule has 1 aliphatic carbocycles. The van der Waals surface area contributed by atoms with Crippen molar-refractivity contribution < 1.29 is 9.90 Å². The van der Waals surface area contributed by atoms with Crippen LogP contribution in [-0.2, 0) is 11.2 Å². The zero-order valence-corrected chi connectivity index (χ0v) is 11.2. The molecule has 0 unspecified atom stereocenters. The lowest BCUT2D eigenvalue weighted by molar-refractivity contribution is -0.122. The number of aryl methyl sites for hydroxylation is 1. The van der Waals surface area contributed by atoms with Crippen molar-refractivity contribution in [2.75, 3.05) is 0 Å². The van der Waals surface area contributed by atoms with Crippen LogP contribution in [0.15, 0.2) is 24.5 Å². The number of hydrogen-bond acceptors (Lipinski definition) is 3. The summed E-state index contributed by atoms with van der Waals surface area (Å²) in [6.07, 6.45) is 9.16. The highest BCUT2D eigenvalue weighted by Gasteiger charge is 2.20. The van der Waals surface area contributed by atoms with Crippen molar-refractivity contribution in [2.24, 2.45) is 0 Å². The van der Waals surface area contributed by atoms with E-state index in [1.165, 1.54) is 5.56 Å². The highest BCUT2D eigenvalue weighted by Crippen LogP contribution is 2.18. The first-order chi connectivity index (χ1) is 9.24. The Bertz CT molecular complexity index is 386. The molecule has 4 heteroatoms. The summed E-state index contributed by atoms with van der Waals surface area (Å²) in [5.41, 5.74) is 1.23. The first kappa shape index (κ1) is 14.0. The van der Waals surface area contributed by atoms with E-state index in [0.29, 0.717) is 6.42 Å². The third-order valence-corrected chi connectivity index (χ3v) is 3.68. The molecule has 1 heterocycles. The first-order valence-electron chi connectivity index (χ1n) is 7.10. The van der Waals surface area contributed by atoms with Crippen LogP contribution in [0.2, 0.25) is 0 Å².